The summed E-state index contributed by atoms with van der Waals surface area (Å²) >= 11 is 0. The van der Waals surface area contributed by atoms with E-state index in [1.54, 1.807) is 6.07 Å². The second-order valence-electron chi connectivity index (χ2n) is 6.61. The van der Waals surface area contributed by atoms with Crippen molar-refractivity contribution in [3.05, 3.63) is 58.1 Å². The minimum atomic E-state index is -0.188. The number of carbonyl (C=O) groups excluding carboxylic acids is 1. The van der Waals surface area contributed by atoms with Crippen molar-refractivity contribution in [1.82, 2.24) is 15.5 Å². The zero-order valence-corrected chi connectivity index (χ0v) is 15.7. The molecule has 0 spiro atoms. The lowest BCUT2D eigenvalue weighted by Crippen LogP contribution is -2.15. The maximum atomic E-state index is 12.7. The standard InChI is InChI=1S/C20H19N5O.ClH/c1-12-7-17-18(9-15(12)10-21)24-25-19(17)23-20(26)14-5-4-13-3-2-6-22-11-16(13)8-14;/h4-5,7-9,22H,2-3,6,11H2,1H3,(H2,23,24,25,26);1H. The smallest absolute Gasteiger partial charge is 0.256 e. The number of nitriles is 1. The van der Waals surface area contributed by atoms with E-state index in [4.69, 9.17) is 5.26 Å². The van der Waals surface area contributed by atoms with Crippen molar-refractivity contribution >= 4 is 35.0 Å². The summed E-state index contributed by atoms with van der Waals surface area (Å²) in [5, 5.41) is 23.3. The van der Waals surface area contributed by atoms with Crippen LogP contribution in [0.1, 0.15) is 39.0 Å². The van der Waals surface area contributed by atoms with Crippen molar-refractivity contribution < 1.29 is 4.79 Å². The highest BCUT2D eigenvalue weighted by Crippen LogP contribution is 2.25. The first-order valence-corrected chi connectivity index (χ1v) is 8.68. The molecule has 0 saturated heterocycles. The van der Waals surface area contributed by atoms with Gasteiger partial charge >= 0.3 is 0 Å². The predicted molar refractivity (Wildman–Crippen MR) is 107 cm³/mol. The molecule has 3 N–H and O–H groups in total. The third-order valence-corrected chi connectivity index (χ3v) is 4.84. The van der Waals surface area contributed by atoms with Gasteiger partial charge in [0.15, 0.2) is 5.82 Å². The highest BCUT2D eigenvalue weighted by atomic mass is 35.5. The first kappa shape index (κ1) is 18.9. The van der Waals surface area contributed by atoms with E-state index in [-0.39, 0.29) is 18.3 Å². The minimum Gasteiger partial charge on any atom is -0.313 e. The van der Waals surface area contributed by atoms with E-state index in [1.165, 1.54) is 11.1 Å². The van der Waals surface area contributed by atoms with Gasteiger partial charge in [-0.25, -0.2) is 0 Å². The number of aryl methyl sites for hydroxylation is 2. The number of halogens is 1. The zero-order chi connectivity index (χ0) is 18.1. The Morgan fingerprint density at radius 3 is 2.93 bits per heavy atom. The van der Waals surface area contributed by atoms with E-state index in [0.29, 0.717) is 16.9 Å². The fourth-order valence-electron chi connectivity index (χ4n) is 3.37. The van der Waals surface area contributed by atoms with Crippen molar-refractivity contribution in [2.45, 2.75) is 26.3 Å². The van der Waals surface area contributed by atoms with Gasteiger partial charge in [-0.05, 0) is 67.3 Å². The summed E-state index contributed by atoms with van der Waals surface area (Å²) < 4.78 is 0. The van der Waals surface area contributed by atoms with Gasteiger partial charge in [0.2, 0.25) is 0 Å². The number of carbonyl (C=O) groups is 1. The van der Waals surface area contributed by atoms with Crippen molar-refractivity contribution in [1.29, 1.82) is 5.26 Å². The van der Waals surface area contributed by atoms with Crippen LogP contribution in [-0.2, 0) is 13.0 Å². The van der Waals surface area contributed by atoms with Gasteiger partial charge in [-0.1, -0.05) is 6.07 Å². The SMILES string of the molecule is Cc1cc2c(NC(=O)c3ccc4c(c3)CNCCC4)n[nH]c2cc1C#N.Cl. The number of hydrogen-bond acceptors (Lipinski definition) is 4. The van der Waals surface area contributed by atoms with E-state index >= 15 is 0 Å². The van der Waals surface area contributed by atoms with Crippen LogP contribution in [-0.4, -0.2) is 22.6 Å². The van der Waals surface area contributed by atoms with Gasteiger partial charge in [-0.3, -0.25) is 9.89 Å². The Morgan fingerprint density at radius 2 is 2.11 bits per heavy atom. The van der Waals surface area contributed by atoms with Gasteiger partial charge in [0.1, 0.15) is 0 Å². The van der Waals surface area contributed by atoms with Crippen LogP contribution in [0.4, 0.5) is 5.82 Å². The van der Waals surface area contributed by atoms with E-state index in [0.717, 1.165) is 42.4 Å². The number of hydrogen-bond donors (Lipinski definition) is 3. The van der Waals surface area contributed by atoms with Crippen LogP contribution in [0, 0.1) is 18.3 Å². The van der Waals surface area contributed by atoms with Crippen molar-refractivity contribution in [3.63, 3.8) is 0 Å². The molecule has 138 valence electrons. The first-order valence-electron chi connectivity index (χ1n) is 8.68. The van der Waals surface area contributed by atoms with Crippen LogP contribution in [0.5, 0.6) is 0 Å². The number of benzene rings is 2. The third-order valence-electron chi connectivity index (χ3n) is 4.84. The molecule has 0 bridgehead atoms. The van der Waals surface area contributed by atoms with Crippen molar-refractivity contribution in [3.8, 4) is 6.07 Å². The van der Waals surface area contributed by atoms with Crippen LogP contribution in [0.15, 0.2) is 30.3 Å². The van der Waals surface area contributed by atoms with Crippen LogP contribution in [0.2, 0.25) is 0 Å². The van der Waals surface area contributed by atoms with Gasteiger partial charge in [0.05, 0.1) is 17.1 Å². The summed E-state index contributed by atoms with van der Waals surface area (Å²) in [6, 6.07) is 11.6. The molecule has 27 heavy (non-hydrogen) atoms. The highest BCUT2D eigenvalue weighted by molar-refractivity contribution is 6.08. The number of anilines is 1. The summed E-state index contributed by atoms with van der Waals surface area (Å²) in [5.41, 5.74) is 5.28. The molecule has 1 aliphatic heterocycles. The Hall–Kier alpha value is -2.88. The van der Waals surface area contributed by atoms with Gasteiger partial charge in [-0.15, -0.1) is 12.4 Å². The highest BCUT2D eigenvalue weighted by Gasteiger charge is 2.15. The van der Waals surface area contributed by atoms with E-state index in [1.807, 2.05) is 31.2 Å². The Labute approximate surface area is 163 Å². The van der Waals surface area contributed by atoms with Gasteiger partial charge < -0.3 is 10.6 Å². The van der Waals surface area contributed by atoms with Gasteiger partial charge in [0, 0.05) is 17.5 Å². The van der Waals surface area contributed by atoms with Crippen LogP contribution >= 0.6 is 12.4 Å². The summed E-state index contributed by atoms with van der Waals surface area (Å²) in [6.45, 7) is 3.66. The molecule has 7 heteroatoms. The molecule has 2 aromatic carbocycles. The number of amides is 1. The summed E-state index contributed by atoms with van der Waals surface area (Å²) in [7, 11) is 0. The average Bonchev–Trinajstić information content (AvgIpc) is 2.88. The van der Waals surface area contributed by atoms with Crippen LogP contribution < -0.4 is 10.6 Å². The molecule has 1 aliphatic rings. The second-order valence-corrected chi connectivity index (χ2v) is 6.61. The number of H-pyrrole nitrogens is 1. The van der Waals surface area contributed by atoms with Gasteiger partial charge in [-0.2, -0.15) is 10.4 Å². The predicted octanol–water partition coefficient (Wildman–Crippen LogP) is 3.45. The molecule has 0 fully saturated rings. The first-order chi connectivity index (χ1) is 12.7. The summed E-state index contributed by atoms with van der Waals surface area (Å²) in [5.74, 6) is 0.290. The zero-order valence-electron chi connectivity index (χ0n) is 14.9. The molecular formula is C20H20ClN5O. The van der Waals surface area contributed by atoms with Crippen LogP contribution in [0.25, 0.3) is 10.9 Å². The topological polar surface area (TPSA) is 93.6 Å². The van der Waals surface area contributed by atoms with Crippen molar-refractivity contribution in [2.24, 2.45) is 0 Å². The molecular weight excluding hydrogens is 362 g/mol. The molecule has 0 aliphatic carbocycles. The fourth-order valence-corrected chi connectivity index (χ4v) is 3.37. The number of nitrogens with zero attached hydrogens (tertiary/aromatic N) is 2. The number of aromatic amines is 1. The lowest BCUT2D eigenvalue weighted by molar-refractivity contribution is 0.102. The lowest BCUT2D eigenvalue weighted by atomic mass is 10.0. The molecule has 0 atom stereocenters. The molecule has 4 rings (SSSR count). The monoisotopic (exact) mass is 381 g/mol. The van der Waals surface area contributed by atoms with E-state index in [2.05, 4.69) is 26.9 Å². The molecule has 0 saturated carbocycles. The molecule has 0 radical (unpaired) electrons. The maximum absolute atomic E-state index is 12.7. The van der Waals surface area contributed by atoms with E-state index in [9.17, 15) is 4.79 Å². The quantitative estimate of drug-likeness (QED) is 0.633. The van der Waals surface area contributed by atoms with Gasteiger partial charge in [0.25, 0.3) is 5.91 Å². The largest absolute Gasteiger partial charge is 0.313 e. The Morgan fingerprint density at radius 1 is 1.26 bits per heavy atom. The fraction of sp³-hybridized carbons (Fsp3) is 0.250. The maximum Gasteiger partial charge on any atom is 0.256 e. The average molecular weight is 382 g/mol. The van der Waals surface area contributed by atoms with E-state index < -0.39 is 0 Å². The molecule has 1 aromatic heterocycles. The van der Waals surface area contributed by atoms with Crippen molar-refractivity contribution in [2.75, 3.05) is 11.9 Å². The summed E-state index contributed by atoms with van der Waals surface area (Å²) in [4.78, 5) is 12.7. The second kappa shape index (κ2) is 7.78. The molecule has 2 heterocycles. The Bertz CT molecular complexity index is 1050. The number of aromatic nitrogens is 2. The van der Waals surface area contributed by atoms with Crippen LogP contribution in [0.3, 0.4) is 0 Å². The third kappa shape index (κ3) is 3.65. The minimum absolute atomic E-state index is 0. The normalized spacial score (nSPS) is 13.2. The summed E-state index contributed by atoms with van der Waals surface area (Å²) in [6.07, 6.45) is 2.15. The lowest BCUT2D eigenvalue weighted by Gasteiger charge is -2.09. The Kier molecular flexibility index (Phi) is 5.45. The number of nitrogens with one attached hydrogen (secondary N) is 3. The molecule has 3 aromatic rings. The molecule has 0 unspecified atom stereocenters. The molecule has 1 amide bonds. The Balaban J connectivity index is 0.00000210. The number of rotatable bonds is 2. The number of fused-ring (bicyclic) bond motifs is 2. The molecule has 6 nitrogen and oxygen atoms in total.